The number of anilines is 1. The zero-order chi connectivity index (χ0) is 13.0. The molecule has 1 heterocycles. The standard InChI is InChI=1S/C13H17N3O2/c1-18-12-6-2-5-11(8-12)16-13(14)10(9-15-16)4-3-7-17/h2,5-6,8-9,17H,3-4,7,14H2,1H3. The molecule has 5 heteroatoms. The van der Waals surface area contributed by atoms with E-state index in [9.17, 15) is 0 Å². The number of nitrogen functional groups attached to an aromatic ring is 1. The van der Waals surface area contributed by atoms with Gasteiger partial charge in [0.1, 0.15) is 11.6 Å². The number of aryl methyl sites for hydroxylation is 1. The lowest BCUT2D eigenvalue weighted by atomic mass is 10.2. The molecule has 96 valence electrons. The van der Waals surface area contributed by atoms with Crippen LogP contribution in [0.25, 0.3) is 5.69 Å². The molecule has 0 aliphatic rings. The van der Waals surface area contributed by atoms with Crippen LogP contribution in [0.5, 0.6) is 5.75 Å². The lowest BCUT2D eigenvalue weighted by molar-refractivity contribution is 0.288. The molecule has 0 saturated carbocycles. The summed E-state index contributed by atoms with van der Waals surface area (Å²) in [6, 6.07) is 7.55. The molecule has 18 heavy (non-hydrogen) atoms. The van der Waals surface area contributed by atoms with Crippen molar-refractivity contribution in [2.45, 2.75) is 12.8 Å². The van der Waals surface area contributed by atoms with Gasteiger partial charge in [-0.25, -0.2) is 4.68 Å². The molecule has 3 N–H and O–H groups in total. The maximum Gasteiger partial charge on any atom is 0.130 e. The SMILES string of the molecule is COc1cccc(-n2ncc(CCCO)c2N)c1. The van der Waals surface area contributed by atoms with Crippen molar-refractivity contribution in [3.05, 3.63) is 36.0 Å². The van der Waals surface area contributed by atoms with Crippen LogP contribution < -0.4 is 10.5 Å². The molecule has 0 unspecified atom stereocenters. The Morgan fingerprint density at radius 1 is 1.44 bits per heavy atom. The van der Waals surface area contributed by atoms with E-state index < -0.39 is 0 Å². The molecule has 0 fully saturated rings. The van der Waals surface area contributed by atoms with E-state index in [-0.39, 0.29) is 6.61 Å². The van der Waals surface area contributed by atoms with Gasteiger partial charge in [0.25, 0.3) is 0 Å². The summed E-state index contributed by atoms with van der Waals surface area (Å²) in [7, 11) is 1.62. The maximum atomic E-state index is 8.83. The lowest BCUT2D eigenvalue weighted by Gasteiger charge is -2.07. The molecule has 0 aliphatic heterocycles. The van der Waals surface area contributed by atoms with Gasteiger partial charge >= 0.3 is 0 Å². The molecule has 0 saturated heterocycles. The molecule has 0 amide bonds. The number of benzene rings is 1. The van der Waals surface area contributed by atoms with Gasteiger partial charge in [0.05, 0.1) is 19.0 Å². The van der Waals surface area contributed by atoms with E-state index in [2.05, 4.69) is 5.10 Å². The summed E-state index contributed by atoms with van der Waals surface area (Å²) in [6.45, 7) is 0.157. The van der Waals surface area contributed by atoms with Crippen LogP contribution in [0.4, 0.5) is 5.82 Å². The van der Waals surface area contributed by atoms with Gasteiger partial charge in [-0.15, -0.1) is 0 Å². The smallest absolute Gasteiger partial charge is 0.130 e. The Kier molecular flexibility index (Phi) is 3.84. The van der Waals surface area contributed by atoms with Gasteiger partial charge < -0.3 is 15.6 Å². The van der Waals surface area contributed by atoms with E-state index >= 15 is 0 Å². The normalized spacial score (nSPS) is 10.6. The maximum absolute atomic E-state index is 8.83. The van der Waals surface area contributed by atoms with Crippen molar-refractivity contribution >= 4 is 5.82 Å². The van der Waals surface area contributed by atoms with Gasteiger partial charge in [0.2, 0.25) is 0 Å². The molecule has 2 aromatic rings. The summed E-state index contributed by atoms with van der Waals surface area (Å²) < 4.78 is 6.85. The summed E-state index contributed by atoms with van der Waals surface area (Å²) in [6.07, 6.45) is 3.16. The predicted octanol–water partition coefficient (Wildman–Crippen LogP) is 1.39. The number of methoxy groups -OCH3 is 1. The number of hydrogen-bond acceptors (Lipinski definition) is 4. The van der Waals surface area contributed by atoms with Gasteiger partial charge in [-0.1, -0.05) is 6.07 Å². The van der Waals surface area contributed by atoms with Gasteiger partial charge in [-0.2, -0.15) is 5.10 Å². The lowest BCUT2D eigenvalue weighted by Crippen LogP contribution is -2.03. The number of nitrogens with two attached hydrogens (primary N) is 1. The van der Waals surface area contributed by atoms with Crippen molar-refractivity contribution in [1.29, 1.82) is 0 Å². The molecular weight excluding hydrogens is 230 g/mol. The van der Waals surface area contributed by atoms with Crippen molar-refractivity contribution in [2.24, 2.45) is 0 Å². The zero-order valence-electron chi connectivity index (χ0n) is 10.3. The summed E-state index contributed by atoms with van der Waals surface area (Å²) in [5.41, 5.74) is 7.86. The van der Waals surface area contributed by atoms with Crippen LogP contribution >= 0.6 is 0 Å². The van der Waals surface area contributed by atoms with E-state index in [0.29, 0.717) is 12.2 Å². The third kappa shape index (κ3) is 2.46. The molecule has 0 atom stereocenters. The van der Waals surface area contributed by atoms with E-state index in [4.69, 9.17) is 15.6 Å². The Morgan fingerprint density at radius 2 is 2.28 bits per heavy atom. The van der Waals surface area contributed by atoms with Gasteiger partial charge in [0.15, 0.2) is 0 Å². The minimum atomic E-state index is 0.157. The highest BCUT2D eigenvalue weighted by Gasteiger charge is 2.09. The largest absolute Gasteiger partial charge is 0.497 e. The highest BCUT2D eigenvalue weighted by molar-refractivity contribution is 5.49. The fraction of sp³-hybridized carbons (Fsp3) is 0.308. The second-order valence-corrected chi connectivity index (χ2v) is 4.00. The molecule has 0 aliphatic carbocycles. The fourth-order valence-electron chi connectivity index (χ4n) is 1.80. The average Bonchev–Trinajstić information content (AvgIpc) is 2.78. The Bertz CT molecular complexity index is 523. The summed E-state index contributed by atoms with van der Waals surface area (Å²) in [5.74, 6) is 1.37. The number of rotatable bonds is 5. The quantitative estimate of drug-likeness (QED) is 0.837. The van der Waals surface area contributed by atoms with E-state index in [1.54, 1.807) is 18.0 Å². The number of aromatic nitrogens is 2. The van der Waals surface area contributed by atoms with E-state index in [1.165, 1.54) is 0 Å². The van der Waals surface area contributed by atoms with Gasteiger partial charge in [-0.05, 0) is 25.0 Å². The predicted molar refractivity (Wildman–Crippen MR) is 69.9 cm³/mol. The first kappa shape index (κ1) is 12.4. The number of nitrogens with zero attached hydrogens (tertiary/aromatic N) is 2. The Morgan fingerprint density at radius 3 is 3.00 bits per heavy atom. The zero-order valence-corrected chi connectivity index (χ0v) is 10.3. The summed E-state index contributed by atoms with van der Waals surface area (Å²) in [4.78, 5) is 0. The average molecular weight is 247 g/mol. The molecule has 2 rings (SSSR count). The van der Waals surface area contributed by atoms with Crippen LogP contribution in [0.1, 0.15) is 12.0 Å². The first-order valence-corrected chi connectivity index (χ1v) is 5.84. The topological polar surface area (TPSA) is 73.3 Å². The highest BCUT2D eigenvalue weighted by Crippen LogP contribution is 2.21. The van der Waals surface area contributed by atoms with Crippen molar-refractivity contribution in [2.75, 3.05) is 19.5 Å². The second kappa shape index (κ2) is 5.55. The molecule has 0 bridgehead atoms. The number of aliphatic hydroxyl groups excluding tert-OH is 1. The van der Waals surface area contributed by atoms with Crippen molar-refractivity contribution < 1.29 is 9.84 Å². The minimum Gasteiger partial charge on any atom is -0.497 e. The van der Waals surface area contributed by atoms with Crippen molar-refractivity contribution in [3.63, 3.8) is 0 Å². The van der Waals surface area contributed by atoms with Crippen LogP contribution in [0, 0.1) is 0 Å². The monoisotopic (exact) mass is 247 g/mol. The fourth-order valence-corrected chi connectivity index (χ4v) is 1.80. The summed E-state index contributed by atoms with van der Waals surface area (Å²) in [5, 5.41) is 13.1. The number of ether oxygens (including phenoxy) is 1. The van der Waals surface area contributed by atoms with Crippen LogP contribution in [0.2, 0.25) is 0 Å². The number of hydrogen-bond donors (Lipinski definition) is 2. The molecule has 0 spiro atoms. The van der Waals surface area contributed by atoms with Gasteiger partial charge in [-0.3, -0.25) is 0 Å². The Hall–Kier alpha value is -2.01. The van der Waals surface area contributed by atoms with E-state index in [0.717, 1.165) is 23.4 Å². The first-order valence-electron chi connectivity index (χ1n) is 5.84. The Labute approximate surface area is 106 Å². The number of aliphatic hydroxyl groups is 1. The van der Waals surface area contributed by atoms with Crippen LogP contribution in [0.3, 0.4) is 0 Å². The van der Waals surface area contributed by atoms with Crippen LogP contribution in [0.15, 0.2) is 30.5 Å². The first-order chi connectivity index (χ1) is 8.76. The van der Waals surface area contributed by atoms with Gasteiger partial charge in [0, 0.05) is 18.2 Å². The third-order valence-electron chi connectivity index (χ3n) is 2.79. The molecule has 0 radical (unpaired) electrons. The molecule has 5 nitrogen and oxygen atoms in total. The second-order valence-electron chi connectivity index (χ2n) is 4.00. The molecule has 1 aromatic carbocycles. The Balaban J connectivity index is 2.30. The van der Waals surface area contributed by atoms with Crippen molar-refractivity contribution in [3.8, 4) is 11.4 Å². The van der Waals surface area contributed by atoms with Crippen LogP contribution in [-0.2, 0) is 6.42 Å². The summed E-state index contributed by atoms with van der Waals surface area (Å²) >= 11 is 0. The minimum absolute atomic E-state index is 0.157. The van der Waals surface area contributed by atoms with Crippen LogP contribution in [-0.4, -0.2) is 28.6 Å². The van der Waals surface area contributed by atoms with E-state index in [1.807, 2.05) is 24.3 Å². The molecular formula is C13H17N3O2. The highest BCUT2D eigenvalue weighted by atomic mass is 16.5. The third-order valence-corrected chi connectivity index (χ3v) is 2.79. The van der Waals surface area contributed by atoms with Crippen molar-refractivity contribution in [1.82, 2.24) is 9.78 Å². The molecule has 1 aromatic heterocycles.